The summed E-state index contributed by atoms with van der Waals surface area (Å²) in [5.41, 5.74) is 17.5. The zero-order valence-electron chi connectivity index (χ0n) is 57.2. The van der Waals surface area contributed by atoms with Gasteiger partial charge in [0.05, 0.1) is 31.8 Å². The summed E-state index contributed by atoms with van der Waals surface area (Å²) in [7, 11) is -10.5. The molecule has 3 heterocycles. The number of hydrogen-bond acceptors (Lipinski definition) is 15. The largest absolute Gasteiger partial charge is 0.324 e. The maximum absolute atomic E-state index is 12.5. The quantitative estimate of drug-likeness (QED) is 0.0348. The zero-order chi connectivity index (χ0) is 69.0. The second-order valence-corrected chi connectivity index (χ2v) is 32.6. The minimum Gasteiger partial charge on any atom is -0.324 e. The topological polar surface area (TPSA) is 252 Å². The molecule has 0 amide bonds. The number of hydrogen-bond donors (Lipinski definition) is 6. The van der Waals surface area contributed by atoms with E-state index in [2.05, 4.69) is 148 Å². The normalized spacial score (nSPS) is 16.5. The van der Waals surface area contributed by atoms with Crippen molar-refractivity contribution in [2.24, 2.45) is 17.8 Å². The molecule has 1 fully saturated rings. The summed E-state index contributed by atoms with van der Waals surface area (Å²) in [6.07, 6.45) is 19.2. The molecular weight excluding hydrogens is 1300 g/mol. The van der Waals surface area contributed by atoms with E-state index in [0.717, 1.165) is 118 Å². The summed E-state index contributed by atoms with van der Waals surface area (Å²) in [6.45, 7) is 16.1. The molecule has 13 rings (SSSR count). The molecule has 3 unspecified atom stereocenters. The van der Waals surface area contributed by atoms with Crippen molar-refractivity contribution in [1.82, 2.24) is 44.1 Å². The summed E-state index contributed by atoms with van der Waals surface area (Å²) in [5.74, 6) is 3.73. The Kier molecular flexibility index (Phi) is 24.6. The standard InChI is InChI=1S/2C26H32N4O2S.C25H28N4O2S.CH4/c2*1-18(2)13-16-28-33(31,32)22-10-8-21(9-11-22)29-26-27-15-14-25(30-26)24-6-4-5-20-17-19(3)7-12-23(20)24;1-17-5-12-22-19(15-17)3-2-4-23(22)24-13-14-26-25(29-24)28-20-8-10-21(11-9-20)32(30,31)27-16-18-6-7-18;/h2*7-12,14-15,17-18,24,28H,4-6,13,16H2,1-3H3,(H,27,29,30);5,8-15,18,23,27H,2-4,6-7,16H2,1H3,(H,26,28,29);1H4. The van der Waals surface area contributed by atoms with Crippen LogP contribution in [0.1, 0.15) is 184 Å². The molecule has 99 heavy (non-hydrogen) atoms. The third-order valence-electron chi connectivity index (χ3n) is 18.5. The predicted molar refractivity (Wildman–Crippen MR) is 397 cm³/mol. The molecule has 522 valence electrons. The molecule has 9 aromatic rings. The average molecular weight is 1390 g/mol. The lowest BCUT2D eigenvalue weighted by Gasteiger charge is -2.25. The molecule has 0 aliphatic heterocycles. The van der Waals surface area contributed by atoms with Crippen LogP contribution in [0.4, 0.5) is 34.9 Å². The number of fused-ring (bicyclic) bond motifs is 3. The number of rotatable bonds is 23. The summed E-state index contributed by atoms with van der Waals surface area (Å²) >= 11 is 0. The minimum atomic E-state index is -3.51. The average Bonchev–Trinajstić information content (AvgIpc) is 1.01. The summed E-state index contributed by atoms with van der Waals surface area (Å²) in [6, 6.07) is 46.1. The number of nitrogens with zero attached hydrogens (tertiary/aromatic N) is 6. The molecule has 6 aromatic carbocycles. The minimum absolute atomic E-state index is 0. The Morgan fingerprint density at radius 3 is 0.990 bits per heavy atom. The maximum Gasteiger partial charge on any atom is 0.240 e. The maximum atomic E-state index is 12.5. The molecule has 4 aliphatic rings. The van der Waals surface area contributed by atoms with Gasteiger partial charge in [-0.15, -0.1) is 0 Å². The fourth-order valence-electron chi connectivity index (χ4n) is 12.9. The predicted octanol–water partition coefficient (Wildman–Crippen LogP) is 16.0. The Hall–Kier alpha value is -8.31. The molecule has 3 atom stereocenters. The zero-order valence-corrected chi connectivity index (χ0v) is 59.7. The lowest BCUT2D eigenvalue weighted by Crippen LogP contribution is -2.25. The van der Waals surface area contributed by atoms with Gasteiger partial charge in [-0.1, -0.05) is 106 Å². The van der Waals surface area contributed by atoms with Crippen molar-refractivity contribution in [3.63, 3.8) is 0 Å². The number of nitrogens with one attached hydrogen (secondary N) is 6. The Balaban J connectivity index is 0.000000160. The lowest BCUT2D eigenvalue weighted by molar-refractivity contribution is 0.550. The van der Waals surface area contributed by atoms with Crippen LogP contribution in [0, 0.1) is 38.5 Å². The second-order valence-electron chi connectivity index (χ2n) is 27.3. The van der Waals surface area contributed by atoms with Gasteiger partial charge in [0, 0.05) is 73.0 Å². The highest BCUT2D eigenvalue weighted by molar-refractivity contribution is 7.90. The van der Waals surface area contributed by atoms with Crippen molar-refractivity contribution in [2.75, 3.05) is 35.6 Å². The van der Waals surface area contributed by atoms with Crippen molar-refractivity contribution in [3.05, 3.63) is 231 Å². The molecule has 0 saturated heterocycles. The third-order valence-corrected chi connectivity index (χ3v) is 22.9. The van der Waals surface area contributed by atoms with E-state index in [0.29, 0.717) is 55.2 Å². The van der Waals surface area contributed by atoms with Gasteiger partial charge in [0.1, 0.15) is 0 Å². The molecule has 4 aliphatic carbocycles. The Morgan fingerprint density at radius 1 is 0.394 bits per heavy atom. The van der Waals surface area contributed by atoms with Crippen LogP contribution in [0.15, 0.2) is 179 Å². The van der Waals surface area contributed by atoms with E-state index < -0.39 is 30.1 Å². The number of aryl methyl sites for hydroxylation is 6. The van der Waals surface area contributed by atoms with E-state index in [9.17, 15) is 25.3 Å². The summed E-state index contributed by atoms with van der Waals surface area (Å²) < 4.78 is 82.7. The lowest BCUT2D eigenvalue weighted by atomic mass is 9.80. The van der Waals surface area contributed by atoms with E-state index in [1.807, 2.05) is 18.2 Å². The number of anilines is 6. The van der Waals surface area contributed by atoms with E-state index in [1.54, 1.807) is 91.4 Å². The molecular formula is C78H96N12O6S3. The Labute approximate surface area is 587 Å². The molecule has 18 nitrogen and oxygen atoms in total. The van der Waals surface area contributed by atoms with Gasteiger partial charge in [0.25, 0.3) is 0 Å². The molecule has 0 spiro atoms. The smallest absolute Gasteiger partial charge is 0.240 e. The highest BCUT2D eigenvalue weighted by atomic mass is 32.2. The molecule has 21 heteroatoms. The molecule has 0 radical (unpaired) electrons. The van der Waals surface area contributed by atoms with E-state index in [1.165, 1.54) is 50.1 Å². The van der Waals surface area contributed by atoms with Crippen molar-refractivity contribution in [3.8, 4) is 0 Å². The number of sulfonamides is 3. The SMILES string of the molecule is C.Cc1ccc2c(c1)CCCC2c1ccnc(Nc2ccc(S(=O)(=O)NCC3CC3)cc2)n1.Cc1ccc2c(c1)CCCC2c1ccnc(Nc2ccc(S(=O)(=O)NCCC(C)C)cc2)n1.Cc1ccc2c(c1)CCCC2c1ccnc(Nc2ccc(S(=O)(=O)NCCC(C)C)cc2)n1. The van der Waals surface area contributed by atoms with Crippen LogP contribution in [-0.2, 0) is 49.3 Å². The van der Waals surface area contributed by atoms with Crippen LogP contribution < -0.4 is 30.1 Å². The molecule has 6 N–H and O–H groups in total. The highest BCUT2D eigenvalue weighted by Crippen LogP contribution is 2.40. The van der Waals surface area contributed by atoms with Gasteiger partial charge < -0.3 is 16.0 Å². The van der Waals surface area contributed by atoms with Crippen LogP contribution in [0.5, 0.6) is 0 Å². The fourth-order valence-corrected chi connectivity index (χ4v) is 16.1. The van der Waals surface area contributed by atoms with Crippen molar-refractivity contribution >= 4 is 65.0 Å². The van der Waals surface area contributed by atoms with Crippen LogP contribution >= 0.6 is 0 Å². The van der Waals surface area contributed by atoms with Gasteiger partial charge in [0.15, 0.2) is 0 Å². The van der Waals surface area contributed by atoms with E-state index in [-0.39, 0.29) is 39.9 Å². The number of aromatic nitrogens is 6. The highest BCUT2D eigenvalue weighted by Gasteiger charge is 2.28. The molecule has 1 saturated carbocycles. The second kappa shape index (κ2) is 33.2. The first-order valence-electron chi connectivity index (χ1n) is 34.5. The Morgan fingerprint density at radius 2 is 0.697 bits per heavy atom. The van der Waals surface area contributed by atoms with Crippen LogP contribution in [-0.4, -0.2) is 74.8 Å². The third kappa shape index (κ3) is 20.0. The monoisotopic (exact) mass is 1390 g/mol. The molecule has 0 bridgehead atoms. The summed E-state index contributed by atoms with van der Waals surface area (Å²) in [5, 5.41) is 9.65. The van der Waals surface area contributed by atoms with E-state index in [4.69, 9.17) is 15.0 Å². The van der Waals surface area contributed by atoms with Gasteiger partial charge in [-0.2, -0.15) is 0 Å². The number of benzene rings is 6. The van der Waals surface area contributed by atoms with Crippen LogP contribution in [0.3, 0.4) is 0 Å². The van der Waals surface area contributed by atoms with Crippen molar-refractivity contribution in [2.45, 2.75) is 172 Å². The Bertz CT molecular complexity index is 4360. The molecule has 3 aromatic heterocycles. The van der Waals surface area contributed by atoms with Gasteiger partial charge >= 0.3 is 0 Å². The van der Waals surface area contributed by atoms with Crippen molar-refractivity contribution < 1.29 is 25.3 Å². The van der Waals surface area contributed by atoms with Crippen LogP contribution in [0.2, 0.25) is 0 Å². The van der Waals surface area contributed by atoms with Crippen LogP contribution in [0.25, 0.3) is 0 Å². The van der Waals surface area contributed by atoms with Crippen molar-refractivity contribution in [1.29, 1.82) is 0 Å². The summed E-state index contributed by atoms with van der Waals surface area (Å²) in [4.78, 5) is 28.3. The van der Waals surface area contributed by atoms with Gasteiger partial charge in [0.2, 0.25) is 47.9 Å². The van der Waals surface area contributed by atoms with Gasteiger partial charge in [-0.05, 0) is 246 Å². The first-order chi connectivity index (χ1) is 47.1. The van der Waals surface area contributed by atoms with E-state index >= 15 is 0 Å². The first kappa shape index (κ1) is 73.4. The fraction of sp³-hybridized carbons (Fsp3) is 0.385. The van der Waals surface area contributed by atoms with Gasteiger partial charge in [-0.3, -0.25) is 0 Å². The van der Waals surface area contributed by atoms with Gasteiger partial charge in [-0.25, -0.2) is 69.3 Å². The first-order valence-corrected chi connectivity index (χ1v) is 38.9.